The zero-order chi connectivity index (χ0) is 14.2. The molecule has 19 heavy (non-hydrogen) atoms. The van der Waals surface area contributed by atoms with Gasteiger partial charge in [-0.15, -0.1) is 6.58 Å². The van der Waals surface area contributed by atoms with Crippen LogP contribution in [-0.4, -0.2) is 20.0 Å². The van der Waals surface area contributed by atoms with Gasteiger partial charge in [0.2, 0.25) is 0 Å². The molecule has 114 valence electrons. The molecule has 0 radical (unpaired) electrons. The fraction of sp³-hybridized carbons (Fsp3) is 0.882. The zero-order valence-corrected chi connectivity index (χ0v) is 13.2. The van der Waals surface area contributed by atoms with Gasteiger partial charge in [0.1, 0.15) is 6.79 Å². The Balaban J connectivity index is 3.18. The predicted octanol–water partition coefficient (Wildman–Crippen LogP) is 5.47. The van der Waals surface area contributed by atoms with Crippen LogP contribution in [0.15, 0.2) is 12.7 Å². The topological polar surface area (TPSA) is 18.5 Å². The van der Waals surface area contributed by atoms with E-state index in [4.69, 9.17) is 9.47 Å². The van der Waals surface area contributed by atoms with E-state index >= 15 is 0 Å². The molecule has 0 spiro atoms. The van der Waals surface area contributed by atoms with Crippen molar-refractivity contribution in [3.63, 3.8) is 0 Å². The van der Waals surface area contributed by atoms with Crippen LogP contribution in [0.1, 0.15) is 77.6 Å². The third kappa shape index (κ3) is 13.9. The van der Waals surface area contributed by atoms with Gasteiger partial charge in [0.15, 0.2) is 0 Å². The highest BCUT2D eigenvalue weighted by molar-refractivity contribution is 4.79. The van der Waals surface area contributed by atoms with Crippen molar-refractivity contribution in [2.24, 2.45) is 0 Å². The molecule has 0 unspecified atom stereocenters. The van der Waals surface area contributed by atoms with Crippen LogP contribution < -0.4 is 0 Å². The second-order valence-electron chi connectivity index (χ2n) is 5.32. The van der Waals surface area contributed by atoms with Gasteiger partial charge in [-0.1, -0.05) is 77.2 Å². The van der Waals surface area contributed by atoms with E-state index in [-0.39, 0.29) is 6.10 Å². The summed E-state index contributed by atoms with van der Waals surface area (Å²) in [5, 5.41) is 0. The number of ether oxygens (including phenoxy) is 2. The largest absolute Gasteiger partial charge is 0.359 e. The van der Waals surface area contributed by atoms with Gasteiger partial charge in [-0.2, -0.15) is 0 Å². The van der Waals surface area contributed by atoms with Crippen LogP contribution in [0.5, 0.6) is 0 Å². The Bertz CT molecular complexity index is 180. The molecule has 0 N–H and O–H groups in total. The highest BCUT2D eigenvalue weighted by Crippen LogP contribution is 2.13. The lowest BCUT2D eigenvalue weighted by molar-refractivity contribution is -0.0579. The minimum atomic E-state index is 0.161. The van der Waals surface area contributed by atoms with Crippen LogP contribution in [0.4, 0.5) is 0 Å². The molecule has 0 saturated heterocycles. The predicted molar refractivity (Wildman–Crippen MR) is 83.4 cm³/mol. The molecule has 0 bridgehead atoms. The molecular weight excluding hydrogens is 236 g/mol. The molecule has 2 heteroatoms. The molecule has 0 heterocycles. The van der Waals surface area contributed by atoms with Crippen LogP contribution >= 0.6 is 0 Å². The van der Waals surface area contributed by atoms with E-state index in [0.29, 0.717) is 6.79 Å². The van der Waals surface area contributed by atoms with Gasteiger partial charge in [-0.25, -0.2) is 0 Å². The Kier molecular flexibility index (Phi) is 15.4. The summed E-state index contributed by atoms with van der Waals surface area (Å²) in [6.45, 7) is 6.44. The van der Waals surface area contributed by atoms with Crippen molar-refractivity contribution in [3.8, 4) is 0 Å². The molecule has 2 nitrogen and oxygen atoms in total. The third-order valence-electron chi connectivity index (χ3n) is 3.51. The van der Waals surface area contributed by atoms with E-state index in [1.807, 2.05) is 6.08 Å². The minimum Gasteiger partial charge on any atom is -0.359 e. The van der Waals surface area contributed by atoms with Crippen molar-refractivity contribution in [1.82, 2.24) is 0 Å². The molecule has 0 aliphatic heterocycles. The first kappa shape index (κ1) is 18.7. The lowest BCUT2D eigenvalue weighted by atomic mass is 10.0. The number of methoxy groups -OCH3 is 1. The first-order valence-electron chi connectivity index (χ1n) is 8.08. The monoisotopic (exact) mass is 270 g/mol. The second kappa shape index (κ2) is 15.7. The summed E-state index contributed by atoms with van der Waals surface area (Å²) in [4.78, 5) is 0. The van der Waals surface area contributed by atoms with Crippen molar-refractivity contribution < 1.29 is 9.47 Å². The summed E-state index contributed by atoms with van der Waals surface area (Å²) in [5.74, 6) is 0. The summed E-state index contributed by atoms with van der Waals surface area (Å²) >= 11 is 0. The fourth-order valence-corrected chi connectivity index (χ4v) is 2.26. The molecule has 1 atom stereocenters. The van der Waals surface area contributed by atoms with Crippen LogP contribution in [0.3, 0.4) is 0 Å². The van der Waals surface area contributed by atoms with Crippen LogP contribution in [-0.2, 0) is 9.47 Å². The molecule has 0 rings (SSSR count). The van der Waals surface area contributed by atoms with Gasteiger partial charge in [-0.05, 0) is 6.42 Å². The number of hydrogen-bond donors (Lipinski definition) is 0. The van der Waals surface area contributed by atoms with Crippen LogP contribution in [0, 0.1) is 0 Å². The Morgan fingerprint density at radius 1 is 0.895 bits per heavy atom. The van der Waals surface area contributed by atoms with E-state index in [1.165, 1.54) is 64.2 Å². The number of hydrogen-bond acceptors (Lipinski definition) is 2. The Morgan fingerprint density at radius 3 is 1.89 bits per heavy atom. The van der Waals surface area contributed by atoms with Crippen LogP contribution in [0.2, 0.25) is 0 Å². The second-order valence-corrected chi connectivity index (χ2v) is 5.32. The van der Waals surface area contributed by atoms with Crippen molar-refractivity contribution in [1.29, 1.82) is 0 Å². The van der Waals surface area contributed by atoms with Crippen LogP contribution in [0.25, 0.3) is 0 Å². The summed E-state index contributed by atoms with van der Waals surface area (Å²) in [6, 6.07) is 0. The Hall–Kier alpha value is -0.340. The standard InChI is InChI=1S/C17H34O2/c1-4-6-7-8-9-10-11-12-13-14-15-17(5-2)19-16-18-3/h5,17H,2,4,6-16H2,1,3H3/t17-/m0/s1. The molecule has 0 fully saturated rings. The third-order valence-corrected chi connectivity index (χ3v) is 3.51. The van der Waals surface area contributed by atoms with E-state index in [0.717, 1.165) is 6.42 Å². The van der Waals surface area contributed by atoms with E-state index in [9.17, 15) is 0 Å². The summed E-state index contributed by atoms with van der Waals surface area (Å²) in [6.07, 6.45) is 16.9. The Labute approximate surface area is 120 Å². The fourth-order valence-electron chi connectivity index (χ4n) is 2.26. The molecule has 0 amide bonds. The van der Waals surface area contributed by atoms with Gasteiger partial charge in [-0.3, -0.25) is 0 Å². The molecule has 0 aromatic rings. The number of unbranched alkanes of at least 4 members (excludes halogenated alkanes) is 9. The Morgan fingerprint density at radius 2 is 1.42 bits per heavy atom. The van der Waals surface area contributed by atoms with Crippen molar-refractivity contribution >= 4 is 0 Å². The van der Waals surface area contributed by atoms with Gasteiger partial charge < -0.3 is 9.47 Å². The van der Waals surface area contributed by atoms with E-state index in [2.05, 4.69) is 13.5 Å². The lowest BCUT2D eigenvalue weighted by Crippen LogP contribution is -2.11. The average molecular weight is 270 g/mol. The van der Waals surface area contributed by atoms with E-state index in [1.54, 1.807) is 7.11 Å². The molecule has 0 aromatic carbocycles. The lowest BCUT2D eigenvalue weighted by Gasteiger charge is -2.12. The molecule has 0 aliphatic carbocycles. The summed E-state index contributed by atoms with van der Waals surface area (Å²) in [7, 11) is 1.65. The highest BCUT2D eigenvalue weighted by atomic mass is 16.7. The summed E-state index contributed by atoms with van der Waals surface area (Å²) in [5.41, 5.74) is 0. The van der Waals surface area contributed by atoms with Crippen molar-refractivity contribution in [2.75, 3.05) is 13.9 Å². The van der Waals surface area contributed by atoms with Gasteiger partial charge >= 0.3 is 0 Å². The summed E-state index contributed by atoms with van der Waals surface area (Å²) < 4.78 is 10.4. The highest BCUT2D eigenvalue weighted by Gasteiger charge is 2.03. The maximum absolute atomic E-state index is 5.48. The quantitative estimate of drug-likeness (QED) is 0.223. The first-order chi connectivity index (χ1) is 9.35. The maximum Gasteiger partial charge on any atom is 0.147 e. The smallest absolute Gasteiger partial charge is 0.147 e. The maximum atomic E-state index is 5.48. The van der Waals surface area contributed by atoms with Crippen molar-refractivity contribution in [2.45, 2.75) is 83.7 Å². The first-order valence-corrected chi connectivity index (χ1v) is 8.08. The average Bonchev–Trinajstić information content (AvgIpc) is 2.44. The van der Waals surface area contributed by atoms with Gasteiger partial charge in [0.05, 0.1) is 6.10 Å². The molecular formula is C17H34O2. The molecule has 0 aromatic heterocycles. The van der Waals surface area contributed by atoms with Gasteiger partial charge in [0, 0.05) is 7.11 Å². The SMILES string of the molecule is C=C[C@@H](CCCCCCCCCCCC)OCOC. The molecule has 0 saturated carbocycles. The number of rotatable bonds is 15. The van der Waals surface area contributed by atoms with Gasteiger partial charge in [0.25, 0.3) is 0 Å². The molecule has 0 aliphatic rings. The zero-order valence-electron chi connectivity index (χ0n) is 13.2. The van der Waals surface area contributed by atoms with Crippen molar-refractivity contribution in [3.05, 3.63) is 12.7 Å². The van der Waals surface area contributed by atoms with E-state index < -0.39 is 0 Å². The minimum absolute atomic E-state index is 0.161. The normalized spacial score (nSPS) is 12.5.